The van der Waals surface area contributed by atoms with Gasteiger partial charge in [0.1, 0.15) is 24.7 Å². The zero-order valence-electron chi connectivity index (χ0n) is 25.1. The zero-order chi connectivity index (χ0) is 31.6. The molecule has 7 rings (SSSR count). The largest absolute Gasteiger partial charge is 0.481 e. The maximum atomic E-state index is 6.07. The minimum Gasteiger partial charge on any atom is -0.481 e. The highest BCUT2D eigenvalue weighted by Crippen LogP contribution is 2.51. The normalized spacial score (nSPS) is 10.9. The summed E-state index contributed by atoms with van der Waals surface area (Å²) in [5.41, 5.74) is 8.25. The Bertz CT molecular complexity index is 2280. The van der Waals surface area contributed by atoms with Gasteiger partial charge in [-0.3, -0.25) is 0 Å². The quantitative estimate of drug-likeness (QED) is 0.166. The summed E-state index contributed by atoms with van der Waals surface area (Å²) < 4.78 is 16.3. The molecule has 0 fully saturated rings. The van der Waals surface area contributed by atoms with Crippen molar-refractivity contribution in [1.29, 1.82) is 0 Å². The molecule has 0 aliphatic rings. The van der Waals surface area contributed by atoms with Crippen LogP contribution in [0.3, 0.4) is 0 Å². The Morgan fingerprint density at radius 1 is 0.500 bits per heavy atom. The van der Waals surface area contributed by atoms with E-state index in [0.717, 1.165) is 65.9 Å². The van der Waals surface area contributed by atoms with Crippen LogP contribution in [0.1, 0.15) is 0 Å². The first-order valence-electron chi connectivity index (χ1n) is 14.9. The van der Waals surface area contributed by atoms with E-state index in [4.69, 9.17) is 35.2 Å². The zero-order valence-corrected chi connectivity index (χ0v) is 25.1. The molecule has 2 aromatic heterocycles. The Labute approximate surface area is 268 Å². The van der Waals surface area contributed by atoms with Crippen LogP contribution in [-0.4, -0.2) is 22.3 Å². The van der Waals surface area contributed by atoms with Gasteiger partial charge in [0.15, 0.2) is 0 Å². The van der Waals surface area contributed by atoms with Crippen LogP contribution in [0.25, 0.3) is 65.9 Å². The molecule has 0 radical (unpaired) electrons. The summed E-state index contributed by atoms with van der Waals surface area (Å²) in [5.74, 6) is 12.4. The third-order valence-electron chi connectivity index (χ3n) is 8.31. The van der Waals surface area contributed by atoms with Gasteiger partial charge in [0.2, 0.25) is 0 Å². The van der Waals surface area contributed by atoms with Crippen molar-refractivity contribution in [3.63, 3.8) is 0 Å². The van der Waals surface area contributed by atoms with Crippen LogP contribution in [0, 0.1) is 49.4 Å². The maximum Gasteiger partial charge on any atom is 0.148 e. The smallest absolute Gasteiger partial charge is 0.148 e. The lowest BCUT2D eigenvalue weighted by Gasteiger charge is -2.17. The molecule has 0 amide bonds. The molecular formula is C42H28N2O2. The molecule has 0 N–H and O–H groups in total. The average Bonchev–Trinajstić information content (AvgIpc) is 3.58. The van der Waals surface area contributed by atoms with Gasteiger partial charge in [-0.05, 0) is 47.5 Å². The average molecular weight is 593 g/mol. The third kappa shape index (κ3) is 4.50. The summed E-state index contributed by atoms with van der Waals surface area (Å²) in [6.07, 6.45) is 23.2. The van der Waals surface area contributed by atoms with E-state index in [1.165, 1.54) is 0 Å². The number of fused-ring (bicyclic) bond motifs is 6. The van der Waals surface area contributed by atoms with E-state index in [1.54, 1.807) is 0 Å². The predicted octanol–water partition coefficient (Wildman–Crippen LogP) is 8.53. The third-order valence-corrected chi connectivity index (χ3v) is 8.31. The lowest BCUT2D eigenvalue weighted by molar-refractivity contribution is 0.371. The summed E-state index contributed by atoms with van der Waals surface area (Å²) in [5, 5.41) is 4.12. The number of aromatic nitrogens is 2. The summed E-state index contributed by atoms with van der Waals surface area (Å²) in [4.78, 5) is 0. The lowest BCUT2D eigenvalue weighted by atomic mass is 9.90. The van der Waals surface area contributed by atoms with E-state index in [1.807, 2.05) is 24.3 Å². The number of rotatable bonds is 8. The predicted molar refractivity (Wildman–Crippen MR) is 190 cm³/mol. The van der Waals surface area contributed by atoms with Gasteiger partial charge in [0.25, 0.3) is 0 Å². The fraction of sp³-hybridized carbons (Fsp3) is 0.0952. The summed E-state index contributed by atoms with van der Waals surface area (Å²) in [6.45, 7) is 1.06. The first kappa shape index (κ1) is 28.3. The van der Waals surface area contributed by atoms with E-state index >= 15 is 0 Å². The molecule has 7 aromatic rings. The van der Waals surface area contributed by atoms with Crippen LogP contribution in [0.5, 0.6) is 11.5 Å². The van der Waals surface area contributed by atoms with E-state index in [0.29, 0.717) is 24.6 Å². The fourth-order valence-corrected chi connectivity index (χ4v) is 6.64. The fourth-order valence-electron chi connectivity index (χ4n) is 6.64. The van der Waals surface area contributed by atoms with E-state index < -0.39 is 0 Å². The van der Waals surface area contributed by atoms with Crippen LogP contribution >= 0.6 is 0 Å². The summed E-state index contributed by atoms with van der Waals surface area (Å²) in [6, 6.07) is 33.0. The Kier molecular flexibility index (Phi) is 7.33. The highest BCUT2D eigenvalue weighted by atomic mass is 16.5. The van der Waals surface area contributed by atoms with Crippen LogP contribution in [0.2, 0.25) is 0 Å². The second-order valence-electron chi connectivity index (χ2n) is 10.9. The van der Waals surface area contributed by atoms with Gasteiger partial charge in [-0.15, -0.1) is 25.7 Å². The molecule has 5 aromatic carbocycles. The van der Waals surface area contributed by atoms with Gasteiger partial charge in [0, 0.05) is 32.7 Å². The highest BCUT2D eigenvalue weighted by Gasteiger charge is 2.28. The summed E-state index contributed by atoms with van der Waals surface area (Å²) in [7, 11) is 0. The van der Waals surface area contributed by atoms with Gasteiger partial charge in [0.05, 0.1) is 35.2 Å². The Balaban J connectivity index is 1.82. The Hall–Kier alpha value is -6.46. The molecule has 4 nitrogen and oxygen atoms in total. The monoisotopic (exact) mass is 592 g/mol. The number of hydrogen-bond donors (Lipinski definition) is 0. The summed E-state index contributed by atoms with van der Waals surface area (Å²) >= 11 is 0. The van der Waals surface area contributed by atoms with E-state index in [2.05, 4.69) is 106 Å². The SMILES string of the molecule is C#CCOc1ccc2c(c1)c1c(-c3ccccc3)c3c(c(-c4ccccc4)c1n2CC#C)c1cc(OCC#C)ccc1n3CC#C. The first-order chi connectivity index (χ1) is 22.7. The molecule has 218 valence electrons. The lowest BCUT2D eigenvalue weighted by Crippen LogP contribution is -2.00. The van der Waals surface area contributed by atoms with Crippen molar-refractivity contribution in [2.45, 2.75) is 13.1 Å². The van der Waals surface area contributed by atoms with Gasteiger partial charge >= 0.3 is 0 Å². The Morgan fingerprint density at radius 3 is 1.28 bits per heavy atom. The first-order valence-corrected chi connectivity index (χ1v) is 14.9. The number of nitrogens with zero attached hydrogens (tertiary/aromatic N) is 2. The van der Waals surface area contributed by atoms with Crippen LogP contribution in [0.4, 0.5) is 0 Å². The number of benzene rings is 5. The molecule has 2 heterocycles. The van der Waals surface area contributed by atoms with Gasteiger partial charge < -0.3 is 18.6 Å². The molecule has 0 saturated heterocycles. The minimum atomic E-state index is 0.167. The van der Waals surface area contributed by atoms with Crippen molar-refractivity contribution < 1.29 is 9.47 Å². The van der Waals surface area contributed by atoms with Gasteiger partial charge in [-0.2, -0.15) is 0 Å². The van der Waals surface area contributed by atoms with E-state index in [-0.39, 0.29) is 13.2 Å². The second-order valence-corrected chi connectivity index (χ2v) is 10.9. The van der Waals surface area contributed by atoms with Crippen molar-refractivity contribution in [2.24, 2.45) is 0 Å². The Morgan fingerprint density at radius 2 is 0.913 bits per heavy atom. The van der Waals surface area contributed by atoms with Crippen LogP contribution < -0.4 is 9.47 Å². The van der Waals surface area contributed by atoms with Crippen molar-refractivity contribution in [3.05, 3.63) is 97.1 Å². The van der Waals surface area contributed by atoms with Gasteiger partial charge in [-0.25, -0.2) is 0 Å². The second kappa shape index (κ2) is 11.9. The molecule has 0 aliphatic heterocycles. The van der Waals surface area contributed by atoms with Crippen molar-refractivity contribution in [3.8, 4) is 83.1 Å². The molecule has 0 unspecified atom stereocenters. The molecule has 0 saturated carbocycles. The molecule has 0 bridgehead atoms. The molecule has 46 heavy (non-hydrogen) atoms. The van der Waals surface area contributed by atoms with Crippen molar-refractivity contribution in [2.75, 3.05) is 13.2 Å². The topological polar surface area (TPSA) is 28.3 Å². The maximum absolute atomic E-state index is 6.07. The highest BCUT2D eigenvalue weighted by molar-refractivity contribution is 6.32. The molecular weight excluding hydrogens is 564 g/mol. The van der Waals surface area contributed by atoms with Crippen LogP contribution in [-0.2, 0) is 13.1 Å². The number of terminal acetylenes is 4. The van der Waals surface area contributed by atoms with Crippen molar-refractivity contribution >= 4 is 43.6 Å². The van der Waals surface area contributed by atoms with E-state index in [9.17, 15) is 0 Å². The number of ether oxygens (including phenoxy) is 2. The van der Waals surface area contributed by atoms with Crippen molar-refractivity contribution in [1.82, 2.24) is 9.13 Å². The van der Waals surface area contributed by atoms with Crippen LogP contribution in [0.15, 0.2) is 97.1 Å². The van der Waals surface area contributed by atoms with Gasteiger partial charge in [-0.1, -0.05) is 84.3 Å². The molecule has 0 spiro atoms. The molecule has 0 aliphatic carbocycles. The standard InChI is InChI=1S/C42H28N2O2/c1-5-23-43-35-21-19-31(45-25-7-3)27-33(35)39-38(30-17-13-10-14-18-30)42-40(37(41(39)43)29-15-11-9-12-16-29)34-28-32(46-26-8-4)20-22-36(34)44(42)24-6-2/h1-4,9-22,27-28H,23-26H2. The molecule has 4 heteroatoms. The number of hydrogen-bond acceptors (Lipinski definition) is 2. The minimum absolute atomic E-state index is 0.167. The molecule has 0 atom stereocenters.